The zero-order chi connectivity index (χ0) is 15.4. The third-order valence-corrected chi connectivity index (χ3v) is 3.31. The van der Waals surface area contributed by atoms with Gasteiger partial charge in [-0.25, -0.2) is 4.79 Å². The Hall–Kier alpha value is -3.02. The molecule has 1 aromatic heterocycles. The van der Waals surface area contributed by atoms with Crippen molar-refractivity contribution >= 4 is 22.6 Å². The molecule has 3 aromatic rings. The number of aromatic nitrogens is 2. The Labute approximate surface area is 127 Å². The minimum atomic E-state index is -0.255. The second-order valence-electron chi connectivity index (χ2n) is 4.83. The molecule has 6 nitrogen and oxygen atoms in total. The summed E-state index contributed by atoms with van der Waals surface area (Å²) in [6, 6.07) is 12.9. The molecule has 0 spiro atoms. The van der Waals surface area contributed by atoms with Gasteiger partial charge in [-0.05, 0) is 35.9 Å². The average Bonchev–Trinajstić information content (AvgIpc) is 3.01. The van der Waals surface area contributed by atoms with Gasteiger partial charge >= 0.3 is 6.03 Å². The number of nitrogens with one attached hydrogen (secondary N) is 3. The summed E-state index contributed by atoms with van der Waals surface area (Å²) in [7, 11) is 1.62. The molecule has 0 radical (unpaired) electrons. The largest absolute Gasteiger partial charge is 0.497 e. The zero-order valence-corrected chi connectivity index (χ0v) is 12.1. The van der Waals surface area contributed by atoms with Gasteiger partial charge in [0.15, 0.2) is 0 Å². The molecule has 1 heterocycles. The lowest BCUT2D eigenvalue weighted by Crippen LogP contribution is -2.28. The number of hydrogen-bond donors (Lipinski definition) is 3. The predicted molar refractivity (Wildman–Crippen MR) is 84.9 cm³/mol. The van der Waals surface area contributed by atoms with E-state index in [-0.39, 0.29) is 6.03 Å². The molecule has 3 N–H and O–H groups in total. The van der Waals surface area contributed by atoms with Gasteiger partial charge in [-0.15, -0.1) is 0 Å². The number of methoxy groups -OCH3 is 1. The average molecular weight is 296 g/mol. The van der Waals surface area contributed by atoms with Crippen molar-refractivity contribution in [3.8, 4) is 5.75 Å². The van der Waals surface area contributed by atoms with E-state index in [2.05, 4.69) is 20.8 Å². The maximum atomic E-state index is 11.9. The van der Waals surface area contributed by atoms with Crippen LogP contribution in [0.5, 0.6) is 5.75 Å². The van der Waals surface area contributed by atoms with Crippen LogP contribution in [-0.2, 0) is 6.54 Å². The Morgan fingerprint density at radius 3 is 2.82 bits per heavy atom. The molecule has 0 aliphatic carbocycles. The molecular formula is C16H16N4O2. The number of rotatable bonds is 4. The Balaban J connectivity index is 1.57. The van der Waals surface area contributed by atoms with Gasteiger partial charge in [0.2, 0.25) is 0 Å². The van der Waals surface area contributed by atoms with Gasteiger partial charge in [-0.2, -0.15) is 5.10 Å². The minimum absolute atomic E-state index is 0.255. The third-order valence-electron chi connectivity index (χ3n) is 3.31. The summed E-state index contributed by atoms with van der Waals surface area (Å²) < 4.78 is 5.09. The van der Waals surface area contributed by atoms with Gasteiger partial charge in [0, 0.05) is 17.6 Å². The third kappa shape index (κ3) is 3.17. The fourth-order valence-electron chi connectivity index (χ4n) is 2.12. The lowest BCUT2D eigenvalue weighted by molar-refractivity contribution is 0.251. The Bertz CT molecular complexity index is 780. The van der Waals surface area contributed by atoms with Gasteiger partial charge in [0.25, 0.3) is 0 Å². The molecule has 0 saturated carbocycles. The summed E-state index contributed by atoms with van der Waals surface area (Å²) in [5.41, 5.74) is 2.59. The fraction of sp³-hybridized carbons (Fsp3) is 0.125. The standard InChI is InChI=1S/C16H16N4O2/c1-22-14-6-2-11(3-7-14)9-17-16(21)19-13-5-4-12-10-18-20-15(12)8-13/h2-8,10H,9H2,1H3,(H,18,20)(H2,17,19,21). The molecule has 0 atom stereocenters. The molecule has 3 rings (SSSR count). The first-order valence-corrected chi connectivity index (χ1v) is 6.85. The van der Waals surface area contributed by atoms with Crippen molar-refractivity contribution in [2.24, 2.45) is 0 Å². The van der Waals surface area contributed by atoms with E-state index in [1.807, 2.05) is 42.5 Å². The first-order valence-electron chi connectivity index (χ1n) is 6.85. The molecule has 2 amide bonds. The molecule has 0 aliphatic rings. The number of amides is 2. The molecule has 2 aromatic carbocycles. The lowest BCUT2D eigenvalue weighted by atomic mass is 10.2. The van der Waals surface area contributed by atoms with Gasteiger partial charge in [-0.3, -0.25) is 5.10 Å². The van der Waals surface area contributed by atoms with Crippen LogP contribution >= 0.6 is 0 Å². The number of carbonyl (C=O) groups is 1. The van der Waals surface area contributed by atoms with Gasteiger partial charge < -0.3 is 15.4 Å². The number of urea groups is 1. The highest BCUT2D eigenvalue weighted by molar-refractivity contribution is 5.92. The Morgan fingerprint density at radius 1 is 1.23 bits per heavy atom. The van der Waals surface area contributed by atoms with Crippen LogP contribution in [0.4, 0.5) is 10.5 Å². The topological polar surface area (TPSA) is 79.0 Å². The quantitative estimate of drug-likeness (QED) is 0.692. The molecular weight excluding hydrogens is 280 g/mol. The summed E-state index contributed by atoms with van der Waals surface area (Å²) in [6.07, 6.45) is 1.74. The predicted octanol–water partition coefficient (Wildman–Crippen LogP) is 2.89. The number of H-pyrrole nitrogens is 1. The summed E-state index contributed by atoms with van der Waals surface area (Å²) >= 11 is 0. The highest BCUT2D eigenvalue weighted by Crippen LogP contribution is 2.16. The molecule has 0 unspecified atom stereocenters. The maximum absolute atomic E-state index is 11.9. The van der Waals surface area contributed by atoms with E-state index in [1.165, 1.54) is 0 Å². The monoisotopic (exact) mass is 296 g/mol. The summed E-state index contributed by atoms with van der Waals surface area (Å²) in [5.74, 6) is 0.793. The van der Waals surface area contributed by atoms with Crippen LogP contribution in [0, 0.1) is 0 Å². The van der Waals surface area contributed by atoms with Crippen LogP contribution in [0.1, 0.15) is 5.56 Å². The number of anilines is 1. The summed E-state index contributed by atoms with van der Waals surface area (Å²) in [6.45, 7) is 0.447. The highest BCUT2D eigenvalue weighted by Gasteiger charge is 2.03. The second kappa shape index (κ2) is 6.17. The summed E-state index contributed by atoms with van der Waals surface area (Å²) in [4.78, 5) is 11.9. The number of hydrogen-bond acceptors (Lipinski definition) is 3. The molecule has 22 heavy (non-hydrogen) atoms. The van der Waals surface area contributed by atoms with E-state index < -0.39 is 0 Å². The SMILES string of the molecule is COc1ccc(CNC(=O)Nc2ccc3cn[nH]c3c2)cc1. The van der Waals surface area contributed by atoms with E-state index in [0.717, 1.165) is 22.2 Å². The van der Waals surface area contributed by atoms with Crippen molar-refractivity contribution in [1.29, 1.82) is 0 Å². The number of ether oxygens (including phenoxy) is 1. The number of benzene rings is 2. The van der Waals surface area contributed by atoms with Crippen LogP contribution in [0.2, 0.25) is 0 Å². The van der Waals surface area contributed by atoms with Crippen molar-refractivity contribution in [2.45, 2.75) is 6.54 Å². The second-order valence-corrected chi connectivity index (χ2v) is 4.83. The van der Waals surface area contributed by atoms with Crippen molar-refractivity contribution in [1.82, 2.24) is 15.5 Å². The van der Waals surface area contributed by atoms with E-state index in [1.54, 1.807) is 13.3 Å². The zero-order valence-electron chi connectivity index (χ0n) is 12.1. The van der Waals surface area contributed by atoms with Crippen molar-refractivity contribution in [3.63, 3.8) is 0 Å². The van der Waals surface area contributed by atoms with Crippen LogP contribution in [0.3, 0.4) is 0 Å². The number of aromatic amines is 1. The number of nitrogens with zero attached hydrogens (tertiary/aromatic N) is 1. The Morgan fingerprint density at radius 2 is 2.05 bits per heavy atom. The molecule has 0 aliphatic heterocycles. The highest BCUT2D eigenvalue weighted by atomic mass is 16.5. The molecule has 0 fully saturated rings. The normalized spacial score (nSPS) is 10.4. The number of fused-ring (bicyclic) bond motifs is 1. The van der Waals surface area contributed by atoms with Crippen molar-refractivity contribution in [2.75, 3.05) is 12.4 Å². The van der Waals surface area contributed by atoms with Crippen molar-refractivity contribution in [3.05, 3.63) is 54.2 Å². The van der Waals surface area contributed by atoms with Gasteiger partial charge in [0.05, 0.1) is 18.8 Å². The van der Waals surface area contributed by atoms with Gasteiger partial charge in [0.1, 0.15) is 5.75 Å². The molecule has 6 heteroatoms. The molecule has 0 saturated heterocycles. The van der Waals surface area contributed by atoms with Crippen LogP contribution in [-0.4, -0.2) is 23.3 Å². The Kier molecular flexibility index (Phi) is 3.91. The fourth-order valence-corrected chi connectivity index (χ4v) is 2.12. The van der Waals surface area contributed by atoms with Crippen LogP contribution < -0.4 is 15.4 Å². The first kappa shape index (κ1) is 13.9. The minimum Gasteiger partial charge on any atom is -0.497 e. The number of carbonyl (C=O) groups excluding carboxylic acids is 1. The van der Waals surface area contributed by atoms with Crippen molar-refractivity contribution < 1.29 is 9.53 Å². The maximum Gasteiger partial charge on any atom is 0.319 e. The molecule has 0 bridgehead atoms. The van der Waals surface area contributed by atoms with Crippen LogP contribution in [0.15, 0.2) is 48.7 Å². The first-order chi connectivity index (χ1) is 10.7. The van der Waals surface area contributed by atoms with E-state index in [4.69, 9.17) is 4.74 Å². The lowest BCUT2D eigenvalue weighted by Gasteiger charge is -2.08. The smallest absolute Gasteiger partial charge is 0.319 e. The van der Waals surface area contributed by atoms with E-state index in [0.29, 0.717) is 12.2 Å². The summed E-state index contributed by atoms with van der Waals surface area (Å²) in [5, 5.41) is 13.4. The van der Waals surface area contributed by atoms with E-state index >= 15 is 0 Å². The van der Waals surface area contributed by atoms with Crippen LogP contribution in [0.25, 0.3) is 10.9 Å². The van der Waals surface area contributed by atoms with E-state index in [9.17, 15) is 4.79 Å². The van der Waals surface area contributed by atoms with Gasteiger partial charge in [-0.1, -0.05) is 12.1 Å². The molecule has 112 valence electrons.